The Bertz CT molecular complexity index is 766. The van der Waals surface area contributed by atoms with Gasteiger partial charge in [-0.2, -0.15) is 0 Å². The van der Waals surface area contributed by atoms with E-state index in [0.29, 0.717) is 12.3 Å². The van der Waals surface area contributed by atoms with Gasteiger partial charge >= 0.3 is 0 Å². The second-order valence-electron chi connectivity index (χ2n) is 4.80. The Morgan fingerprint density at radius 3 is 2.83 bits per heavy atom. The first-order valence-electron chi connectivity index (χ1n) is 6.97. The summed E-state index contributed by atoms with van der Waals surface area (Å²) in [5.41, 5.74) is 1.02. The number of amides is 1. The van der Waals surface area contributed by atoms with Crippen LogP contribution in [0.25, 0.3) is 11.3 Å². The fraction of sp³-hybridized carbons (Fsp3) is 0.118. The number of thioether (sulfide) groups is 1. The molecule has 0 fully saturated rings. The lowest BCUT2D eigenvalue weighted by Crippen LogP contribution is -2.24. The molecule has 0 atom stereocenters. The van der Waals surface area contributed by atoms with Crippen LogP contribution in [0.1, 0.15) is 4.88 Å². The second kappa shape index (κ2) is 7.48. The molecule has 0 spiro atoms. The Morgan fingerprint density at radius 1 is 1.26 bits per heavy atom. The SMILES string of the molecule is O=C(CSc1ccc(F)cc1)NCc1cc(-c2ccco2)cs1. The highest BCUT2D eigenvalue weighted by atomic mass is 32.2. The Balaban J connectivity index is 1.46. The summed E-state index contributed by atoms with van der Waals surface area (Å²) in [5.74, 6) is 0.809. The van der Waals surface area contributed by atoms with E-state index in [1.807, 2.05) is 23.6 Å². The van der Waals surface area contributed by atoms with Crippen LogP contribution in [0.5, 0.6) is 0 Å². The Hall–Kier alpha value is -2.05. The Morgan fingerprint density at radius 2 is 2.09 bits per heavy atom. The molecular weight excluding hydrogens is 333 g/mol. The fourth-order valence-electron chi connectivity index (χ4n) is 1.96. The molecule has 0 aliphatic carbocycles. The molecule has 0 radical (unpaired) electrons. The smallest absolute Gasteiger partial charge is 0.230 e. The molecule has 3 rings (SSSR count). The van der Waals surface area contributed by atoms with E-state index in [9.17, 15) is 9.18 Å². The number of hydrogen-bond acceptors (Lipinski definition) is 4. The van der Waals surface area contributed by atoms with Crippen LogP contribution < -0.4 is 5.32 Å². The van der Waals surface area contributed by atoms with Crippen LogP contribution in [0.15, 0.2) is 63.4 Å². The summed E-state index contributed by atoms with van der Waals surface area (Å²) in [6.45, 7) is 0.494. The highest BCUT2D eigenvalue weighted by Gasteiger charge is 2.07. The minimum Gasteiger partial charge on any atom is -0.464 e. The van der Waals surface area contributed by atoms with E-state index in [-0.39, 0.29) is 11.7 Å². The van der Waals surface area contributed by atoms with Crippen molar-refractivity contribution >= 4 is 29.0 Å². The summed E-state index contributed by atoms with van der Waals surface area (Å²) < 4.78 is 18.1. The maximum absolute atomic E-state index is 12.8. The third-order valence-corrected chi connectivity index (χ3v) is 5.05. The van der Waals surface area contributed by atoms with Crippen molar-refractivity contribution in [2.75, 3.05) is 5.75 Å². The molecule has 0 saturated heterocycles. The second-order valence-corrected chi connectivity index (χ2v) is 6.84. The fourth-order valence-corrected chi connectivity index (χ4v) is 3.50. The van der Waals surface area contributed by atoms with Gasteiger partial charge in [-0.3, -0.25) is 4.79 Å². The number of benzene rings is 1. The third kappa shape index (κ3) is 4.46. The number of carbonyl (C=O) groups excluding carboxylic acids is 1. The largest absolute Gasteiger partial charge is 0.464 e. The van der Waals surface area contributed by atoms with Gasteiger partial charge < -0.3 is 9.73 Å². The number of hydrogen-bond donors (Lipinski definition) is 1. The van der Waals surface area contributed by atoms with Gasteiger partial charge in [-0.05, 0) is 42.5 Å². The van der Waals surface area contributed by atoms with Crippen molar-refractivity contribution < 1.29 is 13.6 Å². The molecular formula is C17H14FNO2S2. The lowest BCUT2D eigenvalue weighted by Gasteiger charge is -2.03. The summed E-state index contributed by atoms with van der Waals surface area (Å²) in [6, 6.07) is 11.9. The molecule has 0 unspecified atom stereocenters. The van der Waals surface area contributed by atoms with Gasteiger partial charge in [-0.15, -0.1) is 23.1 Å². The predicted molar refractivity (Wildman–Crippen MR) is 91.0 cm³/mol. The Labute approximate surface area is 141 Å². The predicted octanol–water partition coefficient (Wildman–Crippen LogP) is 4.56. The topological polar surface area (TPSA) is 42.2 Å². The van der Waals surface area contributed by atoms with E-state index in [1.165, 1.54) is 23.9 Å². The molecule has 3 aromatic rings. The summed E-state index contributed by atoms with van der Waals surface area (Å²) in [4.78, 5) is 13.8. The van der Waals surface area contributed by atoms with Gasteiger partial charge in [0, 0.05) is 20.7 Å². The van der Waals surface area contributed by atoms with Crippen molar-refractivity contribution in [2.24, 2.45) is 0 Å². The summed E-state index contributed by atoms with van der Waals surface area (Å²) in [5, 5.41) is 4.89. The highest BCUT2D eigenvalue weighted by molar-refractivity contribution is 8.00. The molecule has 0 aliphatic heterocycles. The molecule has 0 saturated carbocycles. The monoisotopic (exact) mass is 347 g/mol. The molecule has 1 N–H and O–H groups in total. The minimum absolute atomic E-state index is 0.0488. The van der Waals surface area contributed by atoms with Gasteiger partial charge in [0.25, 0.3) is 0 Å². The molecule has 0 bridgehead atoms. The number of rotatable bonds is 6. The zero-order valence-corrected chi connectivity index (χ0v) is 13.8. The van der Waals surface area contributed by atoms with Crippen molar-refractivity contribution in [2.45, 2.75) is 11.4 Å². The van der Waals surface area contributed by atoms with Crippen molar-refractivity contribution in [1.29, 1.82) is 0 Å². The first-order chi connectivity index (χ1) is 11.2. The number of nitrogens with one attached hydrogen (secondary N) is 1. The van der Waals surface area contributed by atoms with E-state index in [0.717, 1.165) is 21.1 Å². The molecule has 3 nitrogen and oxygen atoms in total. The van der Waals surface area contributed by atoms with Gasteiger partial charge in [0.2, 0.25) is 5.91 Å². The average Bonchev–Trinajstić information content (AvgIpc) is 3.23. The van der Waals surface area contributed by atoms with Crippen LogP contribution in [-0.2, 0) is 11.3 Å². The summed E-state index contributed by atoms with van der Waals surface area (Å²) in [6.07, 6.45) is 1.64. The Kier molecular flexibility index (Phi) is 5.15. The van der Waals surface area contributed by atoms with Gasteiger partial charge in [0.1, 0.15) is 11.6 Å². The molecule has 1 aromatic carbocycles. The molecule has 118 valence electrons. The first-order valence-corrected chi connectivity index (χ1v) is 8.83. The van der Waals surface area contributed by atoms with Crippen LogP contribution >= 0.6 is 23.1 Å². The summed E-state index contributed by atoms with van der Waals surface area (Å²) in [7, 11) is 0. The van der Waals surface area contributed by atoms with Crippen molar-refractivity contribution in [3.63, 3.8) is 0 Å². The average molecular weight is 347 g/mol. The van der Waals surface area contributed by atoms with Crippen LogP contribution in [0, 0.1) is 5.82 Å². The van der Waals surface area contributed by atoms with E-state index in [2.05, 4.69) is 5.32 Å². The number of furan rings is 1. The first kappa shape index (κ1) is 15.8. The maximum atomic E-state index is 12.8. The quantitative estimate of drug-likeness (QED) is 0.665. The van der Waals surface area contributed by atoms with Gasteiger partial charge in [0.15, 0.2) is 0 Å². The van der Waals surface area contributed by atoms with E-state index >= 15 is 0 Å². The molecule has 2 heterocycles. The van der Waals surface area contributed by atoms with Gasteiger partial charge in [0.05, 0.1) is 18.6 Å². The highest BCUT2D eigenvalue weighted by Crippen LogP contribution is 2.26. The third-order valence-electron chi connectivity index (χ3n) is 3.10. The van der Waals surface area contributed by atoms with Crippen LogP contribution in [0.2, 0.25) is 0 Å². The number of carbonyl (C=O) groups is 1. The number of thiophene rings is 1. The molecule has 1 amide bonds. The lowest BCUT2D eigenvalue weighted by atomic mass is 10.2. The van der Waals surface area contributed by atoms with Crippen LogP contribution in [0.4, 0.5) is 4.39 Å². The molecule has 6 heteroatoms. The maximum Gasteiger partial charge on any atom is 0.230 e. The van der Waals surface area contributed by atoms with E-state index in [1.54, 1.807) is 29.7 Å². The minimum atomic E-state index is -0.274. The van der Waals surface area contributed by atoms with E-state index in [4.69, 9.17) is 4.42 Å². The van der Waals surface area contributed by atoms with Crippen LogP contribution in [0.3, 0.4) is 0 Å². The van der Waals surface area contributed by atoms with E-state index < -0.39 is 0 Å². The lowest BCUT2D eigenvalue weighted by molar-refractivity contribution is -0.118. The standard InChI is InChI=1S/C17H14FNO2S2/c18-13-3-5-14(6-4-13)23-11-17(20)19-9-15-8-12(10-22-15)16-2-1-7-21-16/h1-8,10H,9,11H2,(H,19,20). The molecule has 0 aliphatic rings. The summed E-state index contributed by atoms with van der Waals surface area (Å²) >= 11 is 2.97. The molecule has 23 heavy (non-hydrogen) atoms. The zero-order chi connectivity index (χ0) is 16.1. The number of halogens is 1. The normalized spacial score (nSPS) is 10.7. The van der Waals surface area contributed by atoms with Crippen molar-refractivity contribution in [3.05, 3.63) is 64.8 Å². The van der Waals surface area contributed by atoms with Gasteiger partial charge in [-0.25, -0.2) is 4.39 Å². The van der Waals surface area contributed by atoms with Crippen molar-refractivity contribution in [1.82, 2.24) is 5.32 Å². The van der Waals surface area contributed by atoms with Gasteiger partial charge in [-0.1, -0.05) is 0 Å². The molecule has 2 aromatic heterocycles. The zero-order valence-electron chi connectivity index (χ0n) is 12.1. The van der Waals surface area contributed by atoms with Crippen LogP contribution in [-0.4, -0.2) is 11.7 Å². The van der Waals surface area contributed by atoms with Crippen molar-refractivity contribution in [3.8, 4) is 11.3 Å².